The molecule has 0 saturated heterocycles. The lowest BCUT2D eigenvalue weighted by molar-refractivity contribution is 0.0507. The minimum Gasteiger partial charge on any atom is -0.472 e. The van der Waals surface area contributed by atoms with Crippen LogP contribution in [0, 0.1) is 5.92 Å². The van der Waals surface area contributed by atoms with Gasteiger partial charge in [-0.2, -0.15) is 0 Å². The summed E-state index contributed by atoms with van der Waals surface area (Å²) in [5.41, 5.74) is 1.87. The summed E-state index contributed by atoms with van der Waals surface area (Å²) in [6.45, 7) is 20.1. The summed E-state index contributed by atoms with van der Waals surface area (Å²) in [5.74, 6) is -0.00253. The van der Waals surface area contributed by atoms with Crippen molar-refractivity contribution >= 4 is 14.4 Å². The van der Waals surface area contributed by atoms with Gasteiger partial charge in [0.2, 0.25) is 0 Å². The van der Waals surface area contributed by atoms with E-state index in [0.29, 0.717) is 36.2 Å². The SMILES string of the molecule is CC(C)[Si](OC[C@H](CNC(=O)OC(C)(C)C)[C@@H](CCO)c1ccoc1)(C(C)C)C(C)C. The number of carbonyl (C=O) groups excluding carboxylic acids is 1. The van der Waals surface area contributed by atoms with E-state index in [1.807, 2.05) is 26.8 Å². The molecule has 0 spiro atoms. The average Bonchev–Trinajstić information content (AvgIpc) is 3.15. The quantitative estimate of drug-likeness (QED) is 0.373. The zero-order valence-electron chi connectivity index (χ0n) is 21.0. The first kappa shape index (κ1) is 27.7. The number of amides is 1. The Hall–Kier alpha value is -1.31. The highest BCUT2D eigenvalue weighted by molar-refractivity contribution is 6.77. The molecule has 0 aliphatic heterocycles. The molecule has 180 valence electrons. The third-order valence-corrected chi connectivity index (χ3v) is 12.2. The van der Waals surface area contributed by atoms with E-state index in [2.05, 4.69) is 46.9 Å². The number of hydrogen-bond donors (Lipinski definition) is 2. The molecule has 1 heterocycles. The molecular weight excluding hydrogens is 410 g/mol. The summed E-state index contributed by atoms with van der Waals surface area (Å²) in [6.07, 6.45) is 3.50. The largest absolute Gasteiger partial charge is 0.472 e. The van der Waals surface area contributed by atoms with Gasteiger partial charge < -0.3 is 24.0 Å². The highest BCUT2D eigenvalue weighted by Gasteiger charge is 2.45. The summed E-state index contributed by atoms with van der Waals surface area (Å²) in [7, 11) is -2.07. The summed E-state index contributed by atoms with van der Waals surface area (Å²) < 4.78 is 17.6. The minimum atomic E-state index is -2.07. The van der Waals surface area contributed by atoms with Gasteiger partial charge in [0.1, 0.15) is 5.60 Å². The molecule has 0 aliphatic carbocycles. The Kier molecular flexibility index (Phi) is 10.8. The molecule has 7 heteroatoms. The van der Waals surface area contributed by atoms with Crippen LogP contribution in [0.3, 0.4) is 0 Å². The highest BCUT2D eigenvalue weighted by atomic mass is 28.4. The molecule has 2 N–H and O–H groups in total. The van der Waals surface area contributed by atoms with Crippen molar-refractivity contribution in [2.75, 3.05) is 19.8 Å². The van der Waals surface area contributed by atoms with Crippen LogP contribution in [0.4, 0.5) is 4.79 Å². The molecule has 31 heavy (non-hydrogen) atoms. The number of carbonyl (C=O) groups is 1. The normalized spacial score (nSPS) is 14.9. The standard InChI is InChI=1S/C24H45NO5Si/c1-17(2)31(18(3)4,19(5)6)29-16-21(14-25-23(27)30-24(7,8)9)22(10-12-26)20-11-13-28-15-20/h11,13,15,17-19,21-22,26H,10,12,14,16H2,1-9H3,(H,25,27)/t21-,22-/m0/s1. The lowest BCUT2D eigenvalue weighted by Gasteiger charge is -2.43. The Morgan fingerprint density at radius 1 is 1.13 bits per heavy atom. The molecule has 1 aromatic heterocycles. The van der Waals surface area contributed by atoms with Crippen molar-refractivity contribution in [3.05, 3.63) is 24.2 Å². The van der Waals surface area contributed by atoms with Crippen molar-refractivity contribution in [3.8, 4) is 0 Å². The summed E-state index contributed by atoms with van der Waals surface area (Å²) >= 11 is 0. The number of rotatable bonds is 12. The third kappa shape index (κ3) is 7.95. The molecule has 1 rings (SSSR count). The number of alkyl carbamates (subject to hydrolysis) is 1. The number of furan rings is 1. The van der Waals surface area contributed by atoms with Crippen LogP contribution in [0.25, 0.3) is 0 Å². The van der Waals surface area contributed by atoms with Gasteiger partial charge in [0, 0.05) is 25.7 Å². The topological polar surface area (TPSA) is 80.9 Å². The molecule has 0 radical (unpaired) electrons. The van der Waals surface area contributed by atoms with Crippen molar-refractivity contribution in [2.24, 2.45) is 5.92 Å². The van der Waals surface area contributed by atoms with Crippen LogP contribution in [0.2, 0.25) is 16.6 Å². The molecule has 0 aliphatic rings. The first-order valence-electron chi connectivity index (χ1n) is 11.6. The average molecular weight is 456 g/mol. The molecule has 0 aromatic carbocycles. The predicted molar refractivity (Wildman–Crippen MR) is 128 cm³/mol. The Morgan fingerprint density at radius 3 is 2.13 bits per heavy atom. The third-order valence-electron chi connectivity index (χ3n) is 6.14. The second-order valence-corrected chi connectivity index (χ2v) is 15.9. The van der Waals surface area contributed by atoms with E-state index in [1.54, 1.807) is 12.5 Å². The van der Waals surface area contributed by atoms with Crippen LogP contribution in [-0.4, -0.2) is 44.9 Å². The van der Waals surface area contributed by atoms with Crippen LogP contribution in [0.1, 0.15) is 80.2 Å². The Labute approximate surface area is 190 Å². The summed E-state index contributed by atoms with van der Waals surface area (Å²) in [4.78, 5) is 12.3. The summed E-state index contributed by atoms with van der Waals surface area (Å²) in [5, 5.41) is 12.7. The maximum atomic E-state index is 12.3. The van der Waals surface area contributed by atoms with E-state index in [4.69, 9.17) is 13.6 Å². The summed E-state index contributed by atoms with van der Waals surface area (Å²) in [6, 6.07) is 1.93. The lowest BCUT2D eigenvalue weighted by atomic mass is 9.85. The molecular formula is C24H45NO5Si. The van der Waals surface area contributed by atoms with Gasteiger partial charge >= 0.3 is 6.09 Å². The van der Waals surface area contributed by atoms with Gasteiger partial charge in [-0.25, -0.2) is 4.79 Å². The van der Waals surface area contributed by atoms with Gasteiger partial charge in [-0.05, 0) is 61.4 Å². The Balaban J connectivity index is 3.12. The van der Waals surface area contributed by atoms with E-state index in [0.717, 1.165) is 5.56 Å². The second kappa shape index (κ2) is 12.1. The lowest BCUT2D eigenvalue weighted by Crippen LogP contribution is -2.49. The van der Waals surface area contributed by atoms with Crippen LogP contribution in [0.5, 0.6) is 0 Å². The van der Waals surface area contributed by atoms with E-state index >= 15 is 0 Å². The molecule has 6 nitrogen and oxygen atoms in total. The number of hydrogen-bond acceptors (Lipinski definition) is 5. The molecule has 0 saturated carbocycles. The molecule has 0 unspecified atom stereocenters. The fourth-order valence-corrected chi connectivity index (χ4v) is 10.4. The molecule has 2 atom stereocenters. The van der Waals surface area contributed by atoms with Crippen LogP contribution >= 0.6 is 0 Å². The number of aliphatic hydroxyl groups is 1. The highest BCUT2D eigenvalue weighted by Crippen LogP contribution is 2.43. The first-order chi connectivity index (χ1) is 14.3. The zero-order chi connectivity index (χ0) is 23.8. The molecule has 0 bridgehead atoms. The minimum absolute atomic E-state index is 0.0110. The van der Waals surface area contributed by atoms with Crippen molar-refractivity contribution in [1.29, 1.82) is 0 Å². The van der Waals surface area contributed by atoms with Crippen molar-refractivity contribution in [2.45, 2.75) is 96.9 Å². The molecule has 1 amide bonds. The second-order valence-electron chi connectivity index (χ2n) is 10.4. The van der Waals surface area contributed by atoms with Crippen molar-refractivity contribution in [3.63, 3.8) is 0 Å². The molecule has 0 fully saturated rings. The number of ether oxygens (including phenoxy) is 1. The monoisotopic (exact) mass is 455 g/mol. The van der Waals surface area contributed by atoms with Gasteiger partial charge in [0.25, 0.3) is 0 Å². The van der Waals surface area contributed by atoms with Crippen LogP contribution in [-0.2, 0) is 9.16 Å². The van der Waals surface area contributed by atoms with E-state index in [1.165, 1.54) is 0 Å². The van der Waals surface area contributed by atoms with Crippen LogP contribution in [0.15, 0.2) is 23.0 Å². The number of aliphatic hydroxyl groups excluding tert-OH is 1. The Morgan fingerprint density at radius 2 is 1.71 bits per heavy atom. The van der Waals surface area contributed by atoms with Crippen molar-refractivity contribution < 1.29 is 23.5 Å². The first-order valence-corrected chi connectivity index (χ1v) is 13.7. The van der Waals surface area contributed by atoms with Gasteiger partial charge in [-0.3, -0.25) is 0 Å². The van der Waals surface area contributed by atoms with Gasteiger partial charge in [0.15, 0.2) is 8.32 Å². The smallest absolute Gasteiger partial charge is 0.407 e. The predicted octanol–water partition coefficient (Wildman–Crippen LogP) is 6.08. The maximum Gasteiger partial charge on any atom is 0.407 e. The van der Waals surface area contributed by atoms with E-state index in [9.17, 15) is 9.90 Å². The fourth-order valence-electron chi connectivity index (χ4n) is 4.90. The van der Waals surface area contributed by atoms with Gasteiger partial charge in [0.05, 0.1) is 12.5 Å². The van der Waals surface area contributed by atoms with Gasteiger partial charge in [-0.15, -0.1) is 0 Å². The van der Waals surface area contributed by atoms with Crippen LogP contribution < -0.4 is 5.32 Å². The number of nitrogens with one attached hydrogen (secondary N) is 1. The van der Waals surface area contributed by atoms with E-state index in [-0.39, 0.29) is 18.4 Å². The fraction of sp³-hybridized carbons (Fsp3) is 0.792. The molecule has 1 aromatic rings. The van der Waals surface area contributed by atoms with Gasteiger partial charge in [-0.1, -0.05) is 41.5 Å². The maximum absolute atomic E-state index is 12.3. The van der Waals surface area contributed by atoms with Crippen molar-refractivity contribution in [1.82, 2.24) is 5.32 Å². The zero-order valence-corrected chi connectivity index (χ0v) is 22.0. The van der Waals surface area contributed by atoms with E-state index < -0.39 is 20.0 Å². The Bertz CT molecular complexity index is 615.